The van der Waals surface area contributed by atoms with Gasteiger partial charge in [0.2, 0.25) is 0 Å². The molecule has 19 heavy (non-hydrogen) atoms. The molecule has 1 aliphatic rings. The van der Waals surface area contributed by atoms with Gasteiger partial charge in [-0.05, 0) is 38.7 Å². The first-order chi connectivity index (χ1) is 9.02. The third kappa shape index (κ3) is 3.16. The summed E-state index contributed by atoms with van der Waals surface area (Å²) in [5.74, 6) is 6.79. The van der Waals surface area contributed by atoms with Crippen LogP contribution < -0.4 is 11.3 Å². The maximum absolute atomic E-state index is 5.93. The van der Waals surface area contributed by atoms with Gasteiger partial charge in [-0.1, -0.05) is 36.8 Å². The predicted octanol–water partition coefficient (Wildman–Crippen LogP) is 2.43. The molecule has 1 aromatic carbocycles. The lowest BCUT2D eigenvalue weighted by atomic mass is 9.81. The van der Waals surface area contributed by atoms with E-state index in [0.29, 0.717) is 17.9 Å². The van der Waals surface area contributed by atoms with Crippen molar-refractivity contribution in [2.75, 3.05) is 0 Å². The normalized spacial score (nSPS) is 32.5. The molecule has 1 aliphatic heterocycles. The number of nitrogens with one attached hydrogen (secondary N) is 1. The van der Waals surface area contributed by atoms with Gasteiger partial charge in [-0.3, -0.25) is 11.3 Å². The number of hydrogen-bond acceptors (Lipinski definition) is 3. The number of nitrogens with two attached hydrogens (primary N) is 1. The fourth-order valence-corrected chi connectivity index (χ4v) is 3.39. The lowest BCUT2D eigenvalue weighted by Crippen LogP contribution is -2.46. The molecule has 5 atom stereocenters. The van der Waals surface area contributed by atoms with E-state index in [2.05, 4.69) is 57.4 Å². The molecule has 3 heteroatoms. The first-order valence-corrected chi connectivity index (χ1v) is 7.20. The molecular formula is C16H26N2O. The van der Waals surface area contributed by atoms with E-state index in [0.717, 1.165) is 6.42 Å². The lowest BCUT2D eigenvalue weighted by molar-refractivity contribution is 0.0476. The Kier molecular flexibility index (Phi) is 4.61. The van der Waals surface area contributed by atoms with Crippen molar-refractivity contribution in [2.45, 2.75) is 52.4 Å². The van der Waals surface area contributed by atoms with Gasteiger partial charge in [0.1, 0.15) is 0 Å². The molecular weight excluding hydrogens is 236 g/mol. The summed E-state index contributed by atoms with van der Waals surface area (Å²) in [5.41, 5.74) is 5.65. The zero-order valence-electron chi connectivity index (χ0n) is 12.4. The molecule has 5 unspecified atom stereocenters. The molecule has 106 valence electrons. The van der Waals surface area contributed by atoms with Gasteiger partial charge in [-0.25, -0.2) is 0 Å². The Morgan fingerprint density at radius 3 is 2.53 bits per heavy atom. The largest absolute Gasteiger partial charge is 0.375 e. The van der Waals surface area contributed by atoms with Crippen molar-refractivity contribution >= 4 is 0 Å². The Labute approximate surface area is 116 Å². The zero-order valence-corrected chi connectivity index (χ0v) is 12.4. The maximum atomic E-state index is 5.93. The van der Waals surface area contributed by atoms with Crippen LogP contribution in [-0.4, -0.2) is 18.2 Å². The van der Waals surface area contributed by atoms with E-state index < -0.39 is 0 Å². The topological polar surface area (TPSA) is 47.3 Å². The van der Waals surface area contributed by atoms with Crippen LogP contribution >= 0.6 is 0 Å². The van der Waals surface area contributed by atoms with Crippen molar-refractivity contribution < 1.29 is 4.74 Å². The zero-order chi connectivity index (χ0) is 14.0. The molecule has 0 amide bonds. The standard InChI is InChI=1S/C16H26N2O/c1-10-6-5-7-14(8-10)9-15(18-17)16-11(2)12(3)19-13(16)4/h5-8,11-13,15-16,18H,9,17H2,1-4H3. The van der Waals surface area contributed by atoms with Gasteiger partial charge >= 0.3 is 0 Å². The van der Waals surface area contributed by atoms with Crippen LogP contribution in [0.5, 0.6) is 0 Å². The van der Waals surface area contributed by atoms with Crippen LogP contribution in [0.3, 0.4) is 0 Å². The van der Waals surface area contributed by atoms with Crippen molar-refractivity contribution in [1.29, 1.82) is 0 Å². The maximum Gasteiger partial charge on any atom is 0.0597 e. The molecule has 1 fully saturated rings. The summed E-state index contributed by atoms with van der Waals surface area (Å²) < 4.78 is 5.93. The first-order valence-electron chi connectivity index (χ1n) is 7.20. The number of hydrogen-bond donors (Lipinski definition) is 2. The molecule has 1 aromatic rings. The Bertz CT molecular complexity index is 421. The van der Waals surface area contributed by atoms with E-state index in [1.54, 1.807) is 0 Å². The molecule has 1 saturated heterocycles. The van der Waals surface area contributed by atoms with Crippen LogP contribution in [0.1, 0.15) is 31.9 Å². The third-order valence-corrected chi connectivity index (χ3v) is 4.54. The Balaban J connectivity index is 2.12. The highest BCUT2D eigenvalue weighted by Gasteiger charge is 2.41. The van der Waals surface area contributed by atoms with Gasteiger partial charge in [0.15, 0.2) is 0 Å². The molecule has 0 spiro atoms. The van der Waals surface area contributed by atoms with Gasteiger partial charge in [0.25, 0.3) is 0 Å². The first kappa shape index (κ1) is 14.5. The van der Waals surface area contributed by atoms with E-state index >= 15 is 0 Å². The number of hydrazine groups is 1. The highest BCUT2D eigenvalue weighted by atomic mass is 16.5. The average molecular weight is 262 g/mol. The summed E-state index contributed by atoms with van der Waals surface area (Å²) in [4.78, 5) is 0. The van der Waals surface area contributed by atoms with Crippen molar-refractivity contribution in [3.63, 3.8) is 0 Å². The second kappa shape index (κ2) is 6.04. The summed E-state index contributed by atoms with van der Waals surface area (Å²) in [6.07, 6.45) is 1.53. The highest BCUT2D eigenvalue weighted by Crippen LogP contribution is 2.35. The van der Waals surface area contributed by atoms with Gasteiger partial charge in [0, 0.05) is 12.0 Å². The van der Waals surface area contributed by atoms with Crippen molar-refractivity contribution in [3.05, 3.63) is 35.4 Å². The molecule has 3 nitrogen and oxygen atoms in total. The molecule has 2 rings (SSSR count). The second-order valence-electron chi connectivity index (χ2n) is 5.95. The second-order valence-corrected chi connectivity index (χ2v) is 5.95. The quantitative estimate of drug-likeness (QED) is 0.647. The van der Waals surface area contributed by atoms with Gasteiger partial charge in [-0.15, -0.1) is 0 Å². The number of benzene rings is 1. The SMILES string of the molecule is Cc1cccc(CC(NN)C2C(C)OC(C)C2C)c1. The minimum atomic E-state index is 0.260. The van der Waals surface area contributed by atoms with Gasteiger partial charge in [-0.2, -0.15) is 0 Å². The van der Waals surface area contributed by atoms with E-state index in [1.807, 2.05) is 0 Å². The Morgan fingerprint density at radius 2 is 2.00 bits per heavy atom. The molecule has 3 N–H and O–H groups in total. The fraction of sp³-hybridized carbons (Fsp3) is 0.625. The number of rotatable bonds is 4. The molecule has 0 radical (unpaired) electrons. The predicted molar refractivity (Wildman–Crippen MR) is 78.7 cm³/mol. The van der Waals surface area contributed by atoms with Gasteiger partial charge in [0.05, 0.1) is 12.2 Å². The molecule has 0 bridgehead atoms. The van der Waals surface area contributed by atoms with Crippen LogP contribution in [0, 0.1) is 18.8 Å². The van der Waals surface area contributed by atoms with Crippen LogP contribution in [0.15, 0.2) is 24.3 Å². The van der Waals surface area contributed by atoms with Crippen LogP contribution in [0.2, 0.25) is 0 Å². The van der Waals surface area contributed by atoms with Crippen LogP contribution in [0.25, 0.3) is 0 Å². The number of aryl methyl sites for hydroxylation is 1. The minimum absolute atomic E-state index is 0.260. The third-order valence-electron chi connectivity index (χ3n) is 4.54. The summed E-state index contributed by atoms with van der Waals surface area (Å²) >= 11 is 0. The average Bonchev–Trinajstić information content (AvgIpc) is 2.61. The molecule has 1 heterocycles. The van der Waals surface area contributed by atoms with E-state index in [-0.39, 0.29) is 12.1 Å². The van der Waals surface area contributed by atoms with E-state index in [9.17, 15) is 0 Å². The lowest BCUT2D eigenvalue weighted by Gasteiger charge is -2.28. The Hall–Kier alpha value is -0.900. The summed E-state index contributed by atoms with van der Waals surface area (Å²) in [7, 11) is 0. The summed E-state index contributed by atoms with van der Waals surface area (Å²) in [5, 5.41) is 0. The van der Waals surface area contributed by atoms with Crippen molar-refractivity contribution in [1.82, 2.24) is 5.43 Å². The minimum Gasteiger partial charge on any atom is -0.375 e. The highest BCUT2D eigenvalue weighted by molar-refractivity contribution is 5.23. The van der Waals surface area contributed by atoms with Crippen LogP contribution in [-0.2, 0) is 11.2 Å². The van der Waals surface area contributed by atoms with Gasteiger partial charge < -0.3 is 4.74 Å². The summed E-state index contributed by atoms with van der Waals surface area (Å²) in [6.45, 7) is 8.70. The fourth-order valence-electron chi connectivity index (χ4n) is 3.39. The van der Waals surface area contributed by atoms with Crippen molar-refractivity contribution in [2.24, 2.45) is 17.7 Å². The Morgan fingerprint density at radius 1 is 1.26 bits per heavy atom. The molecule has 0 aliphatic carbocycles. The molecule has 0 aromatic heterocycles. The van der Waals surface area contributed by atoms with E-state index in [1.165, 1.54) is 11.1 Å². The van der Waals surface area contributed by atoms with Crippen LogP contribution in [0.4, 0.5) is 0 Å². The van der Waals surface area contributed by atoms with Crippen molar-refractivity contribution in [3.8, 4) is 0 Å². The summed E-state index contributed by atoms with van der Waals surface area (Å²) in [6, 6.07) is 8.90. The van der Waals surface area contributed by atoms with E-state index in [4.69, 9.17) is 10.6 Å². The number of ether oxygens (including phenoxy) is 1. The monoisotopic (exact) mass is 262 g/mol. The molecule has 0 saturated carbocycles. The smallest absolute Gasteiger partial charge is 0.0597 e.